The fourth-order valence-corrected chi connectivity index (χ4v) is 2.48. The van der Waals surface area contributed by atoms with Crippen LogP contribution in [0.15, 0.2) is 30.3 Å². The first kappa shape index (κ1) is 15.8. The molecule has 1 aromatic rings. The number of hydrogen-bond donors (Lipinski definition) is 4. The number of thiol groups is 1. The molecule has 0 amide bonds. The van der Waals surface area contributed by atoms with E-state index in [0.29, 0.717) is 13.0 Å². The molecule has 3 N–H and O–H groups in total. The van der Waals surface area contributed by atoms with Crippen molar-refractivity contribution < 1.29 is 24.8 Å². The van der Waals surface area contributed by atoms with E-state index in [9.17, 15) is 10.2 Å². The molecular formula is C14H20O5S. The summed E-state index contributed by atoms with van der Waals surface area (Å²) >= 11 is 4.21. The zero-order valence-electron chi connectivity index (χ0n) is 11.0. The molecule has 112 valence electrons. The SMILES string of the molecule is OCC1OC(OCCc2ccccc2)C(S)C(O)C1O. The molecule has 0 saturated carbocycles. The van der Waals surface area contributed by atoms with Crippen molar-refractivity contribution in [3.63, 3.8) is 0 Å². The Hall–Kier alpha value is -0.630. The summed E-state index contributed by atoms with van der Waals surface area (Å²) in [6, 6.07) is 9.85. The van der Waals surface area contributed by atoms with Gasteiger partial charge in [-0.2, -0.15) is 12.6 Å². The van der Waals surface area contributed by atoms with Gasteiger partial charge in [0, 0.05) is 0 Å². The summed E-state index contributed by atoms with van der Waals surface area (Å²) in [5, 5.41) is 28.0. The molecule has 0 spiro atoms. The number of rotatable bonds is 5. The molecule has 0 aromatic heterocycles. The molecule has 1 aliphatic rings. The van der Waals surface area contributed by atoms with Gasteiger partial charge in [0.15, 0.2) is 6.29 Å². The monoisotopic (exact) mass is 300 g/mol. The molecule has 2 rings (SSSR count). The van der Waals surface area contributed by atoms with Crippen molar-refractivity contribution in [2.75, 3.05) is 13.2 Å². The predicted molar refractivity (Wildman–Crippen MR) is 76.6 cm³/mol. The van der Waals surface area contributed by atoms with E-state index in [1.54, 1.807) is 0 Å². The van der Waals surface area contributed by atoms with Crippen molar-refractivity contribution in [3.05, 3.63) is 35.9 Å². The Bertz CT molecular complexity index is 400. The van der Waals surface area contributed by atoms with E-state index in [-0.39, 0.29) is 6.61 Å². The van der Waals surface area contributed by atoms with Crippen molar-refractivity contribution in [2.45, 2.75) is 36.3 Å². The first-order chi connectivity index (χ1) is 9.63. The van der Waals surface area contributed by atoms with Gasteiger partial charge in [-0.15, -0.1) is 0 Å². The Labute approximate surface area is 123 Å². The minimum absolute atomic E-state index is 0.378. The maximum absolute atomic E-state index is 9.84. The van der Waals surface area contributed by atoms with E-state index in [2.05, 4.69) is 12.6 Å². The fourth-order valence-electron chi connectivity index (χ4n) is 2.14. The molecule has 1 aromatic carbocycles. The van der Waals surface area contributed by atoms with Gasteiger partial charge in [-0.3, -0.25) is 0 Å². The molecule has 0 radical (unpaired) electrons. The number of hydrogen-bond acceptors (Lipinski definition) is 6. The standard InChI is InChI=1S/C14H20O5S/c15-8-10-11(16)12(17)13(20)14(19-10)18-7-6-9-4-2-1-3-5-9/h1-5,10-17,20H,6-8H2. The molecule has 5 nitrogen and oxygen atoms in total. The van der Waals surface area contributed by atoms with Crippen LogP contribution in [-0.4, -0.2) is 58.4 Å². The van der Waals surface area contributed by atoms with Crippen molar-refractivity contribution in [3.8, 4) is 0 Å². The van der Waals surface area contributed by atoms with Crippen LogP contribution in [-0.2, 0) is 15.9 Å². The van der Waals surface area contributed by atoms with Gasteiger partial charge in [-0.25, -0.2) is 0 Å². The van der Waals surface area contributed by atoms with Gasteiger partial charge >= 0.3 is 0 Å². The van der Waals surface area contributed by atoms with Gasteiger partial charge in [-0.05, 0) is 12.0 Å². The summed E-state index contributed by atoms with van der Waals surface area (Å²) in [5.41, 5.74) is 1.14. The lowest BCUT2D eigenvalue weighted by Gasteiger charge is -2.40. The van der Waals surface area contributed by atoms with Gasteiger partial charge in [0.1, 0.15) is 12.2 Å². The number of benzene rings is 1. The van der Waals surface area contributed by atoms with Crippen LogP contribution in [0.4, 0.5) is 0 Å². The lowest BCUT2D eigenvalue weighted by atomic mass is 10.0. The first-order valence-electron chi connectivity index (χ1n) is 6.59. The number of aliphatic hydroxyl groups excluding tert-OH is 3. The molecule has 1 saturated heterocycles. The van der Waals surface area contributed by atoms with E-state index < -0.39 is 29.9 Å². The highest BCUT2D eigenvalue weighted by atomic mass is 32.1. The molecule has 20 heavy (non-hydrogen) atoms. The van der Waals surface area contributed by atoms with E-state index >= 15 is 0 Å². The maximum atomic E-state index is 9.84. The molecule has 6 heteroatoms. The second kappa shape index (κ2) is 7.40. The molecule has 1 heterocycles. The largest absolute Gasteiger partial charge is 0.394 e. The van der Waals surface area contributed by atoms with Crippen molar-refractivity contribution in [1.29, 1.82) is 0 Å². The van der Waals surface area contributed by atoms with Crippen molar-refractivity contribution in [1.82, 2.24) is 0 Å². The Balaban J connectivity index is 1.85. The number of ether oxygens (including phenoxy) is 2. The molecular weight excluding hydrogens is 280 g/mol. The minimum atomic E-state index is -1.16. The Morgan fingerprint density at radius 3 is 2.50 bits per heavy atom. The van der Waals surface area contributed by atoms with Gasteiger partial charge in [0.25, 0.3) is 0 Å². The molecule has 1 aliphatic heterocycles. The number of aliphatic hydroxyl groups is 3. The lowest BCUT2D eigenvalue weighted by Crippen LogP contribution is -2.57. The van der Waals surface area contributed by atoms with E-state index in [4.69, 9.17) is 14.6 Å². The normalized spacial score (nSPS) is 34.1. The van der Waals surface area contributed by atoms with E-state index in [0.717, 1.165) is 5.56 Å². The molecule has 0 bridgehead atoms. The predicted octanol–water partition coefficient (Wildman–Crippen LogP) is -0.0169. The van der Waals surface area contributed by atoms with Crippen LogP contribution in [0, 0.1) is 0 Å². The molecule has 5 unspecified atom stereocenters. The average molecular weight is 300 g/mol. The third-order valence-electron chi connectivity index (χ3n) is 3.36. The smallest absolute Gasteiger partial charge is 0.172 e. The zero-order chi connectivity index (χ0) is 14.5. The summed E-state index contributed by atoms with van der Waals surface area (Å²) in [6.07, 6.45) is -3.14. The van der Waals surface area contributed by atoms with E-state index in [1.165, 1.54) is 0 Å². The van der Waals surface area contributed by atoms with Gasteiger partial charge in [0.05, 0.1) is 24.6 Å². The zero-order valence-corrected chi connectivity index (χ0v) is 11.9. The second-order valence-electron chi connectivity index (χ2n) is 4.80. The van der Waals surface area contributed by atoms with Crippen LogP contribution in [0.5, 0.6) is 0 Å². The Morgan fingerprint density at radius 2 is 1.85 bits per heavy atom. The maximum Gasteiger partial charge on any atom is 0.172 e. The van der Waals surface area contributed by atoms with Gasteiger partial charge in [0.2, 0.25) is 0 Å². The highest BCUT2D eigenvalue weighted by Crippen LogP contribution is 2.25. The van der Waals surface area contributed by atoms with Crippen molar-refractivity contribution in [2.24, 2.45) is 0 Å². The summed E-state index contributed by atoms with van der Waals surface area (Å²) in [5.74, 6) is 0. The fraction of sp³-hybridized carbons (Fsp3) is 0.571. The van der Waals surface area contributed by atoms with Gasteiger partial charge < -0.3 is 24.8 Å². The van der Waals surface area contributed by atoms with Gasteiger partial charge in [-0.1, -0.05) is 30.3 Å². The van der Waals surface area contributed by atoms with Crippen molar-refractivity contribution >= 4 is 12.6 Å². The van der Waals surface area contributed by atoms with Crippen LogP contribution in [0.2, 0.25) is 0 Å². The van der Waals surface area contributed by atoms with Crippen LogP contribution >= 0.6 is 12.6 Å². The van der Waals surface area contributed by atoms with Crippen LogP contribution in [0.3, 0.4) is 0 Å². The summed E-state index contributed by atoms with van der Waals surface area (Å²) < 4.78 is 11.0. The lowest BCUT2D eigenvalue weighted by molar-refractivity contribution is -0.251. The Kier molecular flexibility index (Phi) is 5.83. The molecule has 5 atom stereocenters. The highest BCUT2D eigenvalue weighted by molar-refractivity contribution is 7.81. The summed E-state index contributed by atoms with van der Waals surface area (Å²) in [6.45, 7) is 0.0317. The molecule has 1 fully saturated rings. The molecule has 0 aliphatic carbocycles. The topological polar surface area (TPSA) is 79.2 Å². The first-order valence-corrected chi connectivity index (χ1v) is 7.11. The highest BCUT2D eigenvalue weighted by Gasteiger charge is 2.43. The minimum Gasteiger partial charge on any atom is -0.394 e. The van der Waals surface area contributed by atoms with E-state index in [1.807, 2.05) is 30.3 Å². The summed E-state index contributed by atoms with van der Waals surface area (Å²) in [7, 11) is 0. The van der Waals surface area contributed by atoms with Crippen LogP contribution < -0.4 is 0 Å². The third-order valence-corrected chi connectivity index (χ3v) is 3.91. The average Bonchev–Trinajstić information content (AvgIpc) is 2.48. The van der Waals surface area contributed by atoms with Crippen LogP contribution in [0.25, 0.3) is 0 Å². The quantitative estimate of drug-likeness (QED) is 0.575. The third kappa shape index (κ3) is 3.72. The van der Waals surface area contributed by atoms with Crippen LogP contribution in [0.1, 0.15) is 5.56 Å². The Morgan fingerprint density at radius 1 is 1.15 bits per heavy atom. The second-order valence-corrected chi connectivity index (χ2v) is 5.40. The summed E-state index contributed by atoms with van der Waals surface area (Å²) in [4.78, 5) is 0.